The van der Waals surface area contributed by atoms with E-state index in [1.54, 1.807) is 10.7 Å². The summed E-state index contributed by atoms with van der Waals surface area (Å²) >= 11 is 0. The molecule has 2 aliphatic rings. The molecule has 0 bridgehead atoms. The molecule has 3 N–H and O–H groups in total. The molecule has 1 saturated carbocycles. The van der Waals surface area contributed by atoms with Gasteiger partial charge >= 0.3 is 0 Å². The number of amides is 1. The minimum absolute atomic E-state index is 0.0129. The Morgan fingerprint density at radius 2 is 2.38 bits per heavy atom. The topological polar surface area (TPSA) is 81.6 Å². The van der Waals surface area contributed by atoms with Gasteiger partial charge in [-0.3, -0.25) is 4.79 Å². The van der Waals surface area contributed by atoms with Crippen LogP contribution in [0.1, 0.15) is 23.2 Å². The summed E-state index contributed by atoms with van der Waals surface area (Å²) in [5.41, 5.74) is 7.54. The van der Waals surface area contributed by atoms with Crippen molar-refractivity contribution in [3.05, 3.63) is 36.2 Å². The molecular formula is C15H18N4O2. The molecule has 4 rings (SSSR count). The monoisotopic (exact) mass is 286 g/mol. The number of rotatable bonds is 2. The van der Waals surface area contributed by atoms with Gasteiger partial charge in [-0.15, -0.1) is 0 Å². The first-order valence-electron chi connectivity index (χ1n) is 7.36. The normalized spacial score (nSPS) is 31.5. The van der Waals surface area contributed by atoms with Crippen LogP contribution in [0.15, 0.2) is 30.6 Å². The Hall–Kier alpha value is -1.92. The van der Waals surface area contributed by atoms with Gasteiger partial charge in [0.2, 0.25) is 0 Å². The quantitative estimate of drug-likeness (QED) is 0.845. The number of pyridine rings is 1. The van der Waals surface area contributed by atoms with E-state index in [1.165, 1.54) is 0 Å². The van der Waals surface area contributed by atoms with E-state index >= 15 is 0 Å². The Balaban J connectivity index is 1.53. The van der Waals surface area contributed by atoms with Crippen LogP contribution in [0, 0.1) is 5.92 Å². The zero-order valence-electron chi connectivity index (χ0n) is 11.6. The summed E-state index contributed by atoms with van der Waals surface area (Å²) in [4.78, 5) is 12.5. The fourth-order valence-corrected chi connectivity index (χ4v) is 3.46. The molecule has 1 saturated heterocycles. The molecule has 1 aliphatic carbocycles. The zero-order chi connectivity index (χ0) is 14.4. The average molecular weight is 286 g/mol. The van der Waals surface area contributed by atoms with Crippen LogP contribution in [0.3, 0.4) is 0 Å². The molecule has 2 aromatic rings. The predicted molar refractivity (Wildman–Crippen MR) is 76.9 cm³/mol. The molecule has 21 heavy (non-hydrogen) atoms. The van der Waals surface area contributed by atoms with Gasteiger partial charge in [0, 0.05) is 24.8 Å². The van der Waals surface area contributed by atoms with Crippen molar-refractivity contribution in [2.24, 2.45) is 11.7 Å². The summed E-state index contributed by atoms with van der Waals surface area (Å²) < 4.78 is 7.44. The highest BCUT2D eigenvalue weighted by molar-refractivity contribution is 6.00. The van der Waals surface area contributed by atoms with Gasteiger partial charge in [-0.25, -0.2) is 4.52 Å². The van der Waals surface area contributed by atoms with Crippen LogP contribution >= 0.6 is 0 Å². The standard InChI is InChI=1S/C15H18N4O2/c16-12-9-4-3-7-21-14(9)13(12)18-15(20)10-8-17-19-6-2-1-5-11(10)19/h1-2,5-6,8-9,12-14H,3-4,7,16H2,(H,18,20). The van der Waals surface area contributed by atoms with E-state index in [-0.39, 0.29) is 24.1 Å². The van der Waals surface area contributed by atoms with Crippen molar-refractivity contribution in [3.63, 3.8) is 0 Å². The van der Waals surface area contributed by atoms with Crippen molar-refractivity contribution < 1.29 is 9.53 Å². The molecule has 0 radical (unpaired) electrons. The third-order valence-electron chi connectivity index (χ3n) is 4.65. The van der Waals surface area contributed by atoms with Crippen molar-refractivity contribution in [2.45, 2.75) is 31.0 Å². The SMILES string of the molecule is NC1C2CCCOC2C1NC(=O)c1cnn2ccccc12. The maximum Gasteiger partial charge on any atom is 0.255 e. The summed E-state index contributed by atoms with van der Waals surface area (Å²) in [5, 5.41) is 7.20. The first-order chi connectivity index (χ1) is 10.3. The van der Waals surface area contributed by atoms with Crippen molar-refractivity contribution in [1.82, 2.24) is 14.9 Å². The van der Waals surface area contributed by atoms with Crippen molar-refractivity contribution in [1.29, 1.82) is 0 Å². The van der Waals surface area contributed by atoms with Crippen LogP contribution in [0.2, 0.25) is 0 Å². The molecule has 6 nitrogen and oxygen atoms in total. The number of carbonyl (C=O) groups is 1. The lowest BCUT2D eigenvalue weighted by Crippen LogP contribution is -2.72. The Morgan fingerprint density at radius 3 is 3.29 bits per heavy atom. The Labute approximate surface area is 122 Å². The number of carbonyl (C=O) groups excluding carboxylic acids is 1. The summed E-state index contributed by atoms with van der Waals surface area (Å²) in [6.07, 6.45) is 5.63. The average Bonchev–Trinajstić information content (AvgIpc) is 2.96. The van der Waals surface area contributed by atoms with Crippen LogP contribution in [0.4, 0.5) is 0 Å². The van der Waals surface area contributed by atoms with Crippen LogP contribution in [-0.2, 0) is 4.74 Å². The van der Waals surface area contributed by atoms with Gasteiger partial charge in [0.25, 0.3) is 5.91 Å². The summed E-state index contributed by atoms with van der Waals surface area (Å²) in [7, 11) is 0. The second-order valence-corrected chi connectivity index (χ2v) is 5.81. The van der Waals surface area contributed by atoms with Crippen LogP contribution in [0.25, 0.3) is 5.52 Å². The maximum absolute atomic E-state index is 12.5. The van der Waals surface area contributed by atoms with Crippen LogP contribution in [-0.4, -0.2) is 40.3 Å². The Bertz CT molecular complexity index is 683. The van der Waals surface area contributed by atoms with Gasteiger partial charge in [-0.1, -0.05) is 6.07 Å². The third-order valence-corrected chi connectivity index (χ3v) is 4.65. The summed E-state index contributed by atoms with van der Waals surface area (Å²) in [5.74, 6) is 0.247. The Morgan fingerprint density at radius 1 is 1.48 bits per heavy atom. The molecule has 1 aliphatic heterocycles. The summed E-state index contributed by atoms with van der Waals surface area (Å²) in [6, 6.07) is 5.54. The highest BCUT2D eigenvalue weighted by Gasteiger charge is 2.51. The lowest BCUT2D eigenvalue weighted by Gasteiger charge is -2.52. The van der Waals surface area contributed by atoms with Gasteiger partial charge in [-0.05, 0) is 25.0 Å². The van der Waals surface area contributed by atoms with Crippen molar-refractivity contribution in [3.8, 4) is 0 Å². The summed E-state index contributed by atoms with van der Waals surface area (Å²) in [6.45, 7) is 0.761. The molecule has 0 aromatic carbocycles. The number of hydrogen-bond acceptors (Lipinski definition) is 4. The molecule has 110 valence electrons. The van der Waals surface area contributed by atoms with E-state index in [9.17, 15) is 4.79 Å². The van der Waals surface area contributed by atoms with Crippen LogP contribution in [0.5, 0.6) is 0 Å². The number of fused-ring (bicyclic) bond motifs is 2. The van der Waals surface area contributed by atoms with E-state index < -0.39 is 0 Å². The fraction of sp³-hybridized carbons (Fsp3) is 0.467. The number of ether oxygens (including phenoxy) is 1. The molecule has 4 atom stereocenters. The minimum Gasteiger partial charge on any atom is -0.376 e. The van der Waals surface area contributed by atoms with Gasteiger partial charge in [0.15, 0.2) is 0 Å². The number of nitrogens with one attached hydrogen (secondary N) is 1. The zero-order valence-corrected chi connectivity index (χ0v) is 11.6. The highest BCUT2D eigenvalue weighted by atomic mass is 16.5. The van der Waals surface area contributed by atoms with Gasteiger partial charge < -0.3 is 15.8 Å². The van der Waals surface area contributed by atoms with E-state index in [2.05, 4.69) is 10.4 Å². The lowest BCUT2D eigenvalue weighted by molar-refractivity contribution is -0.117. The predicted octanol–water partition coefficient (Wildman–Crippen LogP) is 0.569. The molecular weight excluding hydrogens is 268 g/mol. The van der Waals surface area contributed by atoms with Gasteiger partial charge in [-0.2, -0.15) is 5.10 Å². The number of hydrogen-bond donors (Lipinski definition) is 2. The van der Waals surface area contributed by atoms with E-state index in [1.807, 2.05) is 24.4 Å². The number of nitrogens with two attached hydrogens (primary N) is 1. The second kappa shape index (κ2) is 4.82. The van der Waals surface area contributed by atoms with E-state index in [0.717, 1.165) is 25.0 Å². The Kier molecular flexibility index (Phi) is 2.94. The maximum atomic E-state index is 12.5. The molecule has 4 unspecified atom stereocenters. The molecule has 2 aromatic heterocycles. The van der Waals surface area contributed by atoms with E-state index in [0.29, 0.717) is 11.5 Å². The van der Waals surface area contributed by atoms with Gasteiger partial charge in [0.05, 0.1) is 29.4 Å². The molecule has 1 amide bonds. The largest absolute Gasteiger partial charge is 0.376 e. The highest BCUT2D eigenvalue weighted by Crippen LogP contribution is 2.37. The minimum atomic E-state index is -0.135. The fourth-order valence-electron chi connectivity index (χ4n) is 3.46. The van der Waals surface area contributed by atoms with Crippen molar-refractivity contribution in [2.75, 3.05) is 6.61 Å². The first-order valence-corrected chi connectivity index (χ1v) is 7.36. The second-order valence-electron chi connectivity index (χ2n) is 5.81. The third kappa shape index (κ3) is 1.94. The van der Waals surface area contributed by atoms with Gasteiger partial charge in [0.1, 0.15) is 0 Å². The molecule has 6 heteroatoms. The van der Waals surface area contributed by atoms with Crippen LogP contribution < -0.4 is 11.1 Å². The molecule has 0 spiro atoms. The van der Waals surface area contributed by atoms with E-state index in [4.69, 9.17) is 10.5 Å². The molecule has 3 heterocycles. The van der Waals surface area contributed by atoms with Crippen molar-refractivity contribution >= 4 is 11.4 Å². The number of nitrogens with zero attached hydrogens (tertiary/aromatic N) is 2. The molecule has 2 fully saturated rings. The number of aromatic nitrogens is 2. The first kappa shape index (κ1) is 12.8. The smallest absolute Gasteiger partial charge is 0.255 e. The lowest BCUT2D eigenvalue weighted by atomic mass is 9.68.